The van der Waals surface area contributed by atoms with E-state index < -0.39 is 0 Å². The van der Waals surface area contributed by atoms with Crippen molar-refractivity contribution in [3.63, 3.8) is 0 Å². The van der Waals surface area contributed by atoms with E-state index in [0.717, 1.165) is 135 Å². The Morgan fingerprint density at radius 2 is 0.782 bits per heavy atom. The molecule has 0 radical (unpaired) electrons. The van der Waals surface area contributed by atoms with E-state index in [4.69, 9.17) is 28.4 Å². The summed E-state index contributed by atoms with van der Waals surface area (Å²) < 4.78 is 36.4. The Balaban J connectivity index is 0.829. The fraction of sp³-hybridized carbons (Fsp3) is 0.486. The van der Waals surface area contributed by atoms with E-state index >= 15 is 0 Å². The molecule has 6 aromatic carbocycles. The third-order valence-electron chi connectivity index (χ3n) is 16.2. The normalized spacial score (nSPS) is 14.8. The Labute approximate surface area is 469 Å². The smallest absolute Gasteiger partial charge is 0.199 e. The van der Waals surface area contributed by atoms with E-state index in [0.29, 0.717) is 12.0 Å². The Hall–Kier alpha value is -5.64. The van der Waals surface area contributed by atoms with Gasteiger partial charge in [-0.05, 0) is 140 Å². The molecule has 8 heteroatoms. The average Bonchev–Trinajstić information content (AvgIpc) is 3.55. The molecule has 0 saturated carbocycles. The van der Waals surface area contributed by atoms with Crippen molar-refractivity contribution < 1.29 is 28.4 Å². The lowest BCUT2D eigenvalue weighted by Gasteiger charge is -2.41. The molecule has 418 valence electrons. The molecule has 0 amide bonds. The van der Waals surface area contributed by atoms with Crippen molar-refractivity contribution in [1.82, 2.24) is 0 Å². The number of para-hydroxylation sites is 2. The highest BCUT2D eigenvalue weighted by atomic mass is 16.7. The van der Waals surface area contributed by atoms with E-state index in [1.54, 1.807) is 0 Å². The number of hydrogen-bond acceptors (Lipinski definition) is 8. The van der Waals surface area contributed by atoms with Gasteiger partial charge in [-0.25, -0.2) is 0 Å². The lowest BCUT2D eigenvalue weighted by molar-refractivity contribution is -0.188. The second-order valence-electron chi connectivity index (χ2n) is 22.3. The first kappa shape index (κ1) is 58.5. The first-order valence-electron chi connectivity index (χ1n) is 30.2. The average molecular weight is 1060 g/mol. The number of ether oxygens (including phenoxy) is 6. The summed E-state index contributed by atoms with van der Waals surface area (Å²) in [5.74, 6) is 1.74. The van der Waals surface area contributed by atoms with Gasteiger partial charge in [0, 0.05) is 58.0 Å². The molecule has 0 aliphatic carbocycles. The van der Waals surface area contributed by atoms with Crippen LogP contribution in [0.5, 0.6) is 11.5 Å². The maximum Gasteiger partial charge on any atom is 0.199 e. The van der Waals surface area contributed by atoms with Crippen molar-refractivity contribution in [2.75, 3.05) is 62.7 Å². The summed E-state index contributed by atoms with van der Waals surface area (Å²) in [6, 6.07) is 56.0. The molecule has 8 nitrogen and oxygen atoms in total. The molecule has 2 saturated heterocycles. The molecular formula is C70H92N2O6. The summed E-state index contributed by atoms with van der Waals surface area (Å²) in [6.45, 7) is 13.2. The third-order valence-corrected chi connectivity index (χ3v) is 16.2. The van der Waals surface area contributed by atoms with Crippen LogP contribution in [0.1, 0.15) is 149 Å². The van der Waals surface area contributed by atoms with Crippen molar-refractivity contribution in [2.24, 2.45) is 10.8 Å². The first-order valence-corrected chi connectivity index (χ1v) is 30.2. The Morgan fingerprint density at radius 3 is 1.22 bits per heavy atom. The molecule has 2 aliphatic rings. The highest BCUT2D eigenvalue weighted by Gasteiger charge is 2.38. The molecule has 0 bridgehead atoms. The monoisotopic (exact) mass is 1060 g/mol. The number of unbranched alkanes of at least 4 members (excludes halogenated alkanes) is 15. The number of nitrogens with zero attached hydrogens (tertiary/aromatic N) is 2. The lowest BCUT2D eigenvalue weighted by Crippen LogP contribution is -2.46. The van der Waals surface area contributed by atoms with Gasteiger partial charge in [-0.2, -0.15) is 0 Å². The summed E-state index contributed by atoms with van der Waals surface area (Å²) in [7, 11) is 0. The van der Waals surface area contributed by atoms with Gasteiger partial charge < -0.3 is 38.2 Å². The zero-order valence-corrected chi connectivity index (χ0v) is 47.7. The Kier molecular flexibility index (Phi) is 23.9. The van der Waals surface area contributed by atoms with E-state index in [2.05, 4.69) is 188 Å². The van der Waals surface area contributed by atoms with Gasteiger partial charge in [-0.1, -0.05) is 171 Å². The van der Waals surface area contributed by atoms with Crippen molar-refractivity contribution in [1.29, 1.82) is 0 Å². The van der Waals surface area contributed by atoms with Crippen LogP contribution in [0.15, 0.2) is 158 Å². The van der Waals surface area contributed by atoms with Crippen LogP contribution in [-0.2, 0) is 18.9 Å². The van der Waals surface area contributed by atoms with Crippen LogP contribution in [0.25, 0.3) is 11.1 Å². The molecule has 0 N–H and O–H groups in total. The molecule has 1 unspecified atom stereocenters. The van der Waals surface area contributed by atoms with Crippen LogP contribution >= 0.6 is 0 Å². The van der Waals surface area contributed by atoms with Gasteiger partial charge >= 0.3 is 0 Å². The Bertz CT molecular complexity index is 2520. The molecule has 6 aromatic rings. The second kappa shape index (κ2) is 31.8. The van der Waals surface area contributed by atoms with Gasteiger partial charge in [0.05, 0.1) is 46.2 Å². The summed E-state index contributed by atoms with van der Waals surface area (Å²) in [5.41, 5.74) is 9.24. The maximum atomic E-state index is 6.63. The van der Waals surface area contributed by atoms with Crippen LogP contribution in [-0.4, -0.2) is 59.1 Å². The summed E-state index contributed by atoms with van der Waals surface area (Å²) in [5, 5.41) is 0. The second-order valence-corrected chi connectivity index (χ2v) is 22.3. The highest BCUT2D eigenvalue weighted by molar-refractivity contribution is 5.81. The van der Waals surface area contributed by atoms with Gasteiger partial charge in [0.15, 0.2) is 6.29 Å². The summed E-state index contributed by atoms with van der Waals surface area (Å²) >= 11 is 0. The molecule has 0 spiro atoms. The molecule has 78 heavy (non-hydrogen) atoms. The van der Waals surface area contributed by atoms with Gasteiger partial charge in [-0.3, -0.25) is 0 Å². The third kappa shape index (κ3) is 17.7. The van der Waals surface area contributed by atoms with Crippen LogP contribution < -0.4 is 19.3 Å². The van der Waals surface area contributed by atoms with Crippen LogP contribution in [0.3, 0.4) is 0 Å². The fourth-order valence-corrected chi connectivity index (χ4v) is 10.6. The van der Waals surface area contributed by atoms with E-state index in [1.807, 2.05) is 0 Å². The van der Waals surface area contributed by atoms with Crippen molar-refractivity contribution in [3.05, 3.63) is 158 Å². The van der Waals surface area contributed by atoms with Crippen LogP contribution in [0.2, 0.25) is 0 Å². The van der Waals surface area contributed by atoms with E-state index in [-0.39, 0.29) is 11.7 Å². The standard InChI is InChI=1S/C70H92N2O6/c1-4-7-8-9-10-14-17-26-33-68(77-57-70(6-3)55-75-56-70)78-67-48-44-65(45-49-67)72(61-31-24-21-25-32-61)63-40-36-59(37-41-63)58-34-38-62(39-35-58)71(60-29-22-20-23-30-60)64-42-46-66(47-43-64)76-51-28-19-16-13-11-12-15-18-27-50-73-52-69(5-2)53-74-54-69/h20-25,29-32,34-49,68H,4-19,26-28,33,50-57H2,1-3H3. The van der Waals surface area contributed by atoms with Crippen LogP contribution in [0, 0.1) is 10.8 Å². The number of benzene rings is 6. The van der Waals surface area contributed by atoms with Gasteiger partial charge in [-0.15, -0.1) is 0 Å². The molecule has 2 fully saturated rings. The fourth-order valence-electron chi connectivity index (χ4n) is 10.6. The SMILES string of the molecule is CCCCCCCCCCC(OCC1(CC)COC1)Oc1ccc(N(c2ccccc2)c2ccc(-c3ccc(N(c4ccccc4)c4ccc(OCCCCCCCCCCCOCC5(CC)COC5)cc4)cc3)cc2)cc1. The number of anilines is 6. The molecular weight excluding hydrogens is 965 g/mol. The molecule has 1 atom stereocenters. The Morgan fingerprint density at radius 1 is 0.397 bits per heavy atom. The first-order chi connectivity index (χ1) is 38.5. The van der Waals surface area contributed by atoms with Crippen molar-refractivity contribution in [3.8, 4) is 22.6 Å². The van der Waals surface area contributed by atoms with Gasteiger partial charge in [0.25, 0.3) is 0 Å². The molecule has 2 heterocycles. The zero-order valence-electron chi connectivity index (χ0n) is 47.7. The highest BCUT2D eigenvalue weighted by Crippen LogP contribution is 2.40. The molecule has 0 aromatic heterocycles. The van der Waals surface area contributed by atoms with Crippen molar-refractivity contribution in [2.45, 2.75) is 155 Å². The lowest BCUT2D eigenvalue weighted by atomic mass is 9.84. The minimum absolute atomic E-state index is 0.106. The van der Waals surface area contributed by atoms with E-state index in [9.17, 15) is 0 Å². The summed E-state index contributed by atoms with van der Waals surface area (Å²) in [4.78, 5) is 4.61. The minimum atomic E-state index is -0.288. The molecule has 8 rings (SSSR count). The number of rotatable bonds is 38. The summed E-state index contributed by atoms with van der Waals surface area (Å²) in [6.07, 6.45) is 24.3. The largest absolute Gasteiger partial charge is 0.494 e. The predicted octanol–water partition coefficient (Wildman–Crippen LogP) is 19.3. The van der Waals surface area contributed by atoms with Gasteiger partial charge in [0.2, 0.25) is 0 Å². The van der Waals surface area contributed by atoms with E-state index in [1.165, 1.54) is 96.3 Å². The topological polar surface area (TPSA) is 61.9 Å². The molecule has 2 aliphatic heterocycles. The maximum absolute atomic E-state index is 6.63. The number of hydrogen-bond donors (Lipinski definition) is 0. The van der Waals surface area contributed by atoms with Gasteiger partial charge in [0.1, 0.15) is 11.5 Å². The minimum Gasteiger partial charge on any atom is -0.494 e. The zero-order chi connectivity index (χ0) is 53.9. The van der Waals surface area contributed by atoms with Crippen LogP contribution in [0.4, 0.5) is 34.1 Å². The van der Waals surface area contributed by atoms with Crippen molar-refractivity contribution >= 4 is 34.1 Å². The quantitative estimate of drug-likeness (QED) is 0.0281. The predicted molar refractivity (Wildman–Crippen MR) is 324 cm³/mol.